The number of benzene rings is 2. The van der Waals surface area contributed by atoms with E-state index in [0.29, 0.717) is 6.42 Å². The van der Waals surface area contributed by atoms with E-state index < -0.39 is 5.97 Å². The molecule has 2 N–H and O–H groups in total. The molecule has 0 saturated carbocycles. The zero-order valence-electron chi connectivity index (χ0n) is 17.3. The van der Waals surface area contributed by atoms with Gasteiger partial charge in [-0.1, -0.05) is 38.3 Å². The van der Waals surface area contributed by atoms with E-state index in [-0.39, 0.29) is 6.42 Å². The number of thiazole rings is 1. The van der Waals surface area contributed by atoms with E-state index in [2.05, 4.69) is 17.2 Å². The number of rotatable bonds is 12. The third-order valence-corrected chi connectivity index (χ3v) is 5.51. The maximum atomic E-state index is 10.7. The zero-order chi connectivity index (χ0) is 21.2. The molecule has 0 spiro atoms. The second-order valence-corrected chi connectivity index (χ2v) is 8.05. The van der Waals surface area contributed by atoms with Crippen LogP contribution in [0, 0.1) is 0 Å². The third-order valence-electron chi connectivity index (χ3n) is 4.75. The second-order valence-electron chi connectivity index (χ2n) is 7.19. The molecular formula is C24H28N2O3S. The normalized spacial score (nSPS) is 10.7. The van der Waals surface area contributed by atoms with Crippen LogP contribution in [0.15, 0.2) is 53.9 Å². The standard InChI is InChI=1S/C24H28N2O3S/c1-2-3-4-5-16-29-21-13-9-19(10-14-21)22-17-30-24(26-22)25-20-11-6-18(7-12-20)8-15-23(27)28/h6-7,9-14,17H,2-5,8,15-16H2,1H3,(H,25,26)(H,27,28). The number of carboxylic acid groups (broad SMARTS) is 1. The molecule has 5 nitrogen and oxygen atoms in total. The fourth-order valence-electron chi connectivity index (χ4n) is 3.03. The average molecular weight is 425 g/mol. The molecule has 0 aliphatic rings. The van der Waals surface area contributed by atoms with Crippen LogP contribution in [0.3, 0.4) is 0 Å². The molecule has 0 fully saturated rings. The van der Waals surface area contributed by atoms with Crippen molar-refractivity contribution in [1.82, 2.24) is 4.98 Å². The SMILES string of the molecule is CCCCCCOc1ccc(-c2csc(Nc3ccc(CCC(=O)O)cc3)n2)cc1. The summed E-state index contributed by atoms with van der Waals surface area (Å²) in [6.45, 7) is 2.97. The summed E-state index contributed by atoms with van der Waals surface area (Å²) in [6.07, 6.45) is 5.49. The summed E-state index contributed by atoms with van der Waals surface area (Å²) in [5.74, 6) is 0.117. The number of unbranched alkanes of at least 4 members (excludes halogenated alkanes) is 3. The summed E-state index contributed by atoms with van der Waals surface area (Å²) >= 11 is 1.55. The van der Waals surface area contributed by atoms with Crippen LogP contribution in [0.5, 0.6) is 5.75 Å². The number of carbonyl (C=O) groups is 1. The largest absolute Gasteiger partial charge is 0.494 e. The molecule has 0 saturated heterocycles. The Labute approximate surface area is 181 Å². The van der Waals surface area contributed by atoms with E-state index in [0.717, 1.165) is 46.4 Å². The first kappa shape index (κ1) is 21.8. The van der Waals surface area contributed by atoms with Crippen molar-refractivity contribution in [3.8, 4) is 17.0 Å². The average Bonchev–Trinajstić information content (AvgIpc) is 3.22. The van der Waals surface area contributed by atoms with Crippen molar-refractivity contribution in [3.05, 3.63) is 59.5 Å². The Hall–Kier alpha value is -2.86. The molecular weight excluding hydrogens is 396 g/mol. The van der Waals surface area contributed by atoms with Crippen LogP contribution in [0.25, 0.3) is 11.3 Å². The molecule has 3 aromatic rings. The lowest BCUT2D eigenvalue weighted by atomic mass is 10.1. The molecule has 2 aromatic carbocycles. The predicted octanol–water partition coefficient (Wildman–Crippen LogP) is 6.53. The van der Waals surface area contributed by atoms with Crippen molar-refractivity contribution < 1.29 is 14.6 Å². The minimum absolute atomic E-state index is 0.144. The molecule has 0 atom stereocenters. The Bertz CT molecular complexity index is 920. The van der Waals surface area contributed by atoms with Gasteiger partial charge in [0.05, 0.1) is 12.3 Å². The highest BCUT2D eigenvalue weighted by molar-refractivity contribution is 7.14. The van der Waals surface area contributed by atoms with Gasteiger partial charge in [0.15, 0.2) is 5.13 Å². The predicted molar refractivity (Wildman–Crippen MR) is 123 cm³/mol. The van der Waals surface area contributed by atoms with E-state index in [1.807, 2.05) is 53.9 Å². The Morgan fingerprint density at radius 3 is 2.53 bits per heavy atom. The Kier molecular flexibility index (Phi) is 8.27. The molecule has 0 unspecified atom stereocenters. The summed E-state index contributed by atoms with van der Waals surface area (Å²) in [4.78, 5) is 15.3. The Morgan fingerprint density at radius 2 is 1.83 bits per heavy atom. The molecule has 1 aromatic heterocycles. The zero-order valence-corrected chi connectivity index (χ0v) is 18.1. The first-order valence-corrected chi connectivity index (χ1v) is 11.3. The quantitative estimate of drug-likeness (QED) is 0.323. The molecule has 6 heteroatoms. The first-order valence-electron chi connectivity index (χ1n) is 10.4. The molecule has 0 radical (unpaired) electrons. The number of aromatic nitrogens is 1. The van der Waals surface area contributed by atoms with Crippen LogP contribution in [0.1, 0.15) is 44.6 Å². The van der Waals surface area contributed by atoms with Gasteiger partial charge in [0.1, 0.15) is 5.75 Å². The number of aliphatic carboxylic acids is 1. The van der Waals surface area contributed by atoms with Crippen molar-refractivity contribution in [1.29, 1.82) is 0 Å². The summed E-state index contributed by atoms with van der Waals surface area (Å²) in [7, 11) is 0. The fourth-order valence-corrected chi connectivity index (χ4v) is 3.77. The minimum atomic E-state index is -0.779. The van der Waals surface area contributed by atoms with Crippen molar-refractivity contribution in [2.75, 3.05) is 11.9 Å². The van der Waals surface area contributed by atoms with Gasteiger partial charge >= 0.3 is 5.97 Å². The van der Waals surface area contributed by atoms with E-state index >= 15 is 0 Å². The number of nitrogens with one attached hydrogen (secondary N) is 1. The highest BCUT2D eigenvalue weighted by Crippen LogP contribution is 2.28. The monoisotopic (exact) mass is 424 g/mol. The molecule has 0 bridgehead atoms. The van der Waals surface area contributed by atoms with Gasteiger partial charge in [0.2, 0.25) is 0 Å². The van der Waals surface area contributed by atoms with Crippen LogP contribution in [0.4, 0.5) is 10.8 Å². The number of ether oxygens (including phenoxy) is 1. The second kappa shape index (κ2) is 11.4. The van der Waals surface area contributed by atoms with Crippen LogP contribution in [-0.2, 0) is 11.2 Å². The van der Waals surface area contributed by atoms with E-state index in [1.54, 1.807) is 11.3 Å². The van der Waals surface area contributed by atoms with E-state index in [9.17, 15) is 4.79 Å². The number of aryl methyl sites for hydroxylation is 1. The maximum absolute atomic E-state index is 10.7. The van der Waals surface area contributed by atoms with Crippen LogP contribution in [0.2, 0.25) is 0 Å². The van der Waals surface area contributed by atoms with Gasteiger partial charge in [0.25, 0.3) is 0 Å². The molecule has 30 heavy (non-hydrogen) atoms. The van der Waals surface area contributed by atoms with Gasteiger partial charge in [-0.2, -0.15) is 0 Å². The smallest absolute Gasteiger partial charge is 0.303 e. The van der Waals surface area contributed by atoms with Gasteiger partial charge in [-0.25, -0.2) is 4.98 Å². The highest BCUT2D eigenvalue weighted by atomic mass is 32.1. The van der Waals surface area contributed by atoms with Crippen molar-refractivity contribution >= 4 is 28.1 Å². The van der Waals surface area contributed by atoms with Crippen LogP contribution < -0.4 is 10.1 Å². The lowest BCUT2D eigenvalue weighted by Gasteiger charge is -2.06. The molecule has 0 aliphatic carbocycles. The van der Waals surface area contributed by atoms with Gasteiger partial charge in [-0.3, -0.25) is 4.79 Å². The van der Waals surface area contributed by atoms with Gasteiger partial charge in [0, 0.05) is 23.1 Å². The number of nitrogens with zero attached hydrogens (tertiary/aromatic N) is 1. The molecule has 0 amide bonds. The van der Waals surface area contributed by atoms with Crippen molar-refractivity contribution in [2.24, 2.45) is 0 Å². The fraction of sp³-hybridized carbons (Fsp3) is 0.333. The third kappa shape index (κ3) is 6.88. The molecule has 3 rings (SSSR count). The van der Waals surface area contributed by atoms with Gasteiger partial charge < -0.3 is 15.2 Å². The highest BCUT2D eigenvalue weighted by Gasteiger charge is 2.06. The number of hydrogen-bond donors (Lipinski definition) is 2. The lowest BCUT2D eigenvalue weighted by molar-refractivity contribution is -0.136. The summed E-state index contributed by atoms with van der Waals surface area (Å²) in [6, 6.07) is 15.9. The molecule has 158 valence electrons. The number of anilines is 2. The number of carboxylic acids is 1. The first-order chi connectivity index (χ1) is 14.6. The molecule has 0 aliphatic heterocycles. The Morgan fingerprint density at radius 1 is 1.07 bits per heavy atom. The summed E-state index contributed by atoms with van der Waals surface area (Å²) in [5, 5.41) is 14.9. The summed E-state index contributed by atoms with van der Waals surface area (Å²) < 4.78 is 5.80. The topological polar surface area (TPSA) is 71.5 Å². The van der Waals surface area contributed by atoms with Crippen molar-refractivity contribution in [3.63, 3.8) is 0 Å². The van der Waals surface area contributed by atoms with Crippen molar-refractivity contribution in [2.45, 2.75) is 45.4 Å². The van der Waals surface area contributed by atoms with Crippen LogP contribution >= 0.6 is 11.3 Å². The Balaban J connectivity index is 1.52. The van der Waals surface area contributed by atoms with Gasteiger partial charge in [-0.15, -0.1) is 11.3 Å². The lowest BCUT2D eigenvalue weighted by Crippen LogP contribution is -1.97. The van der Waals surface area contributed by atoms with Crippen LogP contribution in [-0.4, -0.2) is 22.7 Å². The summed E-state index contributed by atoms with van der Waals surface area (Å²) in [5.41, 5.74) is 3.92. The van der Waals surface area contributed by atoms with E-state index in [4.69, 9.17) is 9.84 Å². The molecule has 1 heterocycles. The van der Waals surface area contributed by atoms with E-state index in [1.165, 1.54) is 19.3 Å². The number of hydrogen-bond acceptors (Lipinski definition) is 5. The van der Waals surface area contributed by atoms with Gasteiger partial charge in [-0.05, 0) is 54.8 Å². The maximum Gasteiger partial charge on any atom is 0.303 e. The minimum Gasteiger partial charge on any atom is -0.494 e.